The van der Waals surface area contributed by atoms with E-state index in [2.05, 4.69) is 10.6 Å². The summed E-state index contributed by atoms with van der Waals surface area (Å²) in [5.74, 6) is 0. The predicted molar refractivity (Wildman–Crippen MR) is 69.5 cm³/mol. The van der Waals surface area contributed by atoms with Gasteiger partial charge in [-0.2, -0.15) is 0 Å². The Balaban J connectivity index is 1.45. The molecule has 0 aromatic heterocycles. The van der Waals surface area contributed by atoms with Crippen molar-refractivity contribution in [2.75, 3.05) is 6.54 Å². The van der Waals surface area contributed by atoms with Gasteiger partial charge < -0.3 is 15.4 Å². The Labute approximate surface area is 109 Å². The molecule has 1 spiro atoms. The minimum atomic E-state index is -0.191. The molecule has 0 aromatic rings. The van der Waals surface area contributed by atoms with Crippen molar-refractivity contribution in [1.29, 1.82) is 0 Å². The maximum absolute atomic E-state index is 11.8. The topological polar surface area (TPSA) is 50.4 Å². The van der Waals surface area contributed by atoms with Crippen molar-refractivity contribution in [2.45, 2.75) is 75.5 Å². The van der Waals surface area contributed by atoms with Crippen molar-refractivity contribution in [1.82, 2.24) is 10.6 Å². The first-order valence-corrected chi connectivity index (χ1v) is 7.48. The fourth-order valence-corrected chi connectivity index (χ4v) is 3.62. The van der Waals surface area contributed by atoms with Gasteiger partial charge in [0.15, 0.2) is 0 Å². The second-order valence-electron chi connectivity index (χ2n) is 6.21. The highest BCUT2D eigenvalue weighted by molar-refractivity contribution is 5.67. The molecule has 3 fully saturated rings. The van der Waals surface area contributed by atoms with Gasteiger partial charge in [0.2, 0.25) is 0 Å². The van der Waals surface area contributed by atoms with Crippen LogP contribution in [0.4, 0.5) is 4.79 Å². The number of alkyl carbamates (subject to hydrolysis) is 1. The summed E-state index contributed by atoms with van der Waals surface area (Å²) in [5, 5.41) is 6.68. The van der Waals surface area contributed by atoms with Gasteiger partial charge in [-0.1, -0.05) is 0 Å². The Morgan fingerprint density at radius 2 is 1.94 bits per heavy atom. The lowest BCUT2D eigenvalue weighted by Gasteiger charge is -2.48. The van der Waals surface area contributed by atoms with E-state index in [0.29, 0.717) is 11.6 Å². The molecule has 1 heterocycles. The van der Waals surface area contributed by atoms with Crippen LogP contribution in [-0.4, -0.2) is 30.3 Å². The zero-order chi connectivity index (χ0) is 12.4. The number of ether oxygens (including phenoxy) is 1. The highest BCUT2D eigenvalue weighted by Gasteiger charge is 2.41. The van der Waals surface area contributed by atoms with Gasteiger partial charge in [-0.3, -0.25) is 0 Å². The van der Waals surface area contributed by atoms with Crippen molar-refractivity contribution in [3.63, 3.8) is 0 Å². The first-order chi connectivity index (χ1) is 8.76. The molecule has 1 amide bonds. The third-order valence-electron chi connectivity index (χ3n) is 4.84. The fourth-order valence-electron chi connectivity index (χ4n) is 3.62. The van der Waals surface area contributed by atoms with Crippen LogP contribution in [0.25, 0.3) is 0 Å². The van der Waals surface area contributed by atoms with Crippen LogP contribution in [0.15, 0.2) is 0 Å². The molecule has 1 unspecified atom stereocenters. The third-order valence-corrected chi connectivity index (χ3v) is 4.84. The van der Waals surface area contributed by atoms with E-state index in [1.54, 1.807) is 0 Å². The zero-order valence-electron chi connectivity index (χ0n) is 11.0. The number of piperidine rings is 1. The van der Waals surface area contributed by atoms with Gasteiger partial charge in [0.05, 0.1) is 0 Å². The molecule has 0 bridgehead atoms. The van der Waals surface area contributed by atoms with Crippen LogP contribution >= 0.6 is 0 Å². The van der Waals surface area contributed by atoms with E-state index < -0.39 is 0 Å². The molecule has 18 heavy (non-hydrogen) atoms. The van der Waals surface area contributed by atoms with Crippen molar-refractivity contribution in [3.8, 4) is 0 Å². The van der Waals surface area contributed by atoms with Gasteiger partial charge in [0.1, 0.15) is 6.10 Å². The van der Waals surface area contributed by atoms with Crippen LogP contribution in [0.3, 0.4) is 0 Å². The number of amides is 1. The molecule has 102 valence electrons. The lowest BCUT2D eigenvalue weighted by Crippen LogP contribution is -2.59. The summed E-state index contributed by atoms with van der Waals surface area (Å²) in [5.41, 5.74) is 0.337. The number of nitrogens with one attached hydrogen (secondary N) is 2. The van der Waals surface area contributed by atoms with Crippen LogP contribution in [0.5, 0.6) is 0 Å². The highest BCUT2D eigenvalue weighted by atomic mass is 16.6. The molecule has 0 aromatic carbocycles. The van der Waals surface area contributed by atoms with Crippen LogP contribution in [0, 0.1) is 0 Å². The van der Waals surface area contributed by atoms with E-state index >= 15 is 0 Å². The van der Waals surface area contributed by atoms with E-state index in [1.807, 2.05) is 0 Å². The summed E-state index contributed by atoms with van der Waals surface area (Å²) in [6.45, 7) is 1.02. The van der Waals surface area contributed by atoms with Crippen molar-refractivity contribution >= 4 is 6.09 Å². The summed E-state index contributed by atoms with van der Waals surface area (Å²) in [6.07, 6.45) is 10.4. The van der Waals surface area contributed by atoms with Gasteiger partial charge in [-0.25, -0.2) is 4.79 Å². The molecule has 2 saturated carbocycles. The maximum atomic E-state index is 11.8. The molecular weight excluding hydrogens is 228 g/mol. The molecule has 0 radical (unpaired) electrons. The first kappa shape index (κ1) is 12.3. The monoisotopic (exact) mass is 252 g/mol. The Morgan fingerprint density at radius 1 is 1.17 bits per heavy atom. The van der Waals surface area contributed by atoms with E-state index in [0.717, 1.165) is 32.2 Å². The van der Waals surface area contributed by atoms with Gasteiger partial charge in [-0.15, -0.1) is 0 Å². The third kappa shape index (κ3) is 2.63. The van der Waals surface area contributed by atoms with E-state index in [-0.39, 0.29) is 12.2 Å². The predicted octanol–water partition coefficient (Wildman–Crippen LogP) is 2.33. The lowest BCUT2D eigenvalue weighted by molar-refractivity contribution is 0.0830. The zero-order valence-corrected chi connectivity index (χ0v) is 11.0. The summed E-state index contributed by atoms with van der Waals surface area (Å²) in [6, 6.07) is 0.306. The van der Waals surface area contributed by atoms with Gasteiger partial charge in [0.25, 0.3) is 0 Å². The number of rotatable bonds is 2. The van der Waals surface area contributed by atoms with E-state index in [9.17, 15) is 4.79 Å². The number of hydrogen-bond donors (Lipinski definition) is 2. The van der Waals surface area contributed by atoms with Crippen LogP contribution in [-0.2, 0) is 4.74 Å². The van der Waals surface area contributed by atoms with E-state index in [4.69, 9.17) is 4.74 Å². The van der Waals surface area contributed by atoms with Crippen molar-refractivity contribution in [2.24, 2.45) is 0 Å². The van der Waals surface area contributed by atoms with Gasteiger partial charge in [0, 0.05) is 11.6 Å². The Morgan fingerprint density at radius 3 is 2.61 bits per heavy atom. The summed E-state index contributed by atoms with van der Waals surface area (Å²) < 4.78 is 5.46. The molecule has 4 heteroatoms. The molecule has 4 nitrogen and oxygen atoms in total. The molecule has 3 rings (SSSR count). The lowest BCUT2D eigenvalue weighted by atomic mass is 9.70. The van der Waals surface area contributed by atoms with Crippen LogP contribution < -0.4 is 10.6 Å². The summed E-state index contributed by atoms with van der Waals surface area (Å²) in [7, 11) is 0. The van der Waals surface area contributed by atoms with Gasteiger partial charge in [-0.05, 0) is 64.3 Å². The second kappa shape index (κ2) is 5.08. The summed E-state index contributed by atoms with van der Waals surface area (Å²) in [4.78, 5) is 11.8. The fraction of sp³-hybridized carbons (Fsp3) is 0.929. The quantitative estimate of drug-likeness (QED) is 0.793. The molecular formula is C14H24N2O2. The SMILES string of the molecule is O=C(NC1CCNC2(CCC2)C1)OC1CCCC1. The average molecular weight is 252 g/mol. The minimum Gasteiger partial charge on any atom is -0.446 e. The largest absolute Gasteiger partial charge is 0.446 e. The molecule has 1 saturated heterocycles. The second-order valence-corrected chi connectivity index (χ2v) is 6.21. The number of carbonyl (C=O) groups excluding carboxylic acids is 1. The molecule has 2 aliphatic carbocycles. The van der Waals surface area contributed by atoms with Crippen LogP contribution in [0.1, 0.15) is 57.8 Å². The maximum Gasteiger partial charge on any atom is 0.407 e. The summed E-state index contributed by atoms with van der Waals surface area (Å²) >= 11 is 0. The number of carbonyl (C=O) groups is 1. The molecule has 1 aliphatic heterocycles. The van der Waals surface area contributed by atoms with Gasteiger partial charge >= 0.3 is 6.09 Å². The highest BCUT2D eigenvalue weighted by Crippen LogP contribution is 2.38. The standard InChI is InChI=1S/C14H24N2O2/c17-13(18-12-4-1-2-5-12)16-11-6-9-15-14(10-11)7-3-8-14/h11-12,15H,1-10H2,(H,16,17). The van der Waals surface area contributed by atoms with Crippen LogP contribution in [0.2, 0.25) is 0 Å². The first-order valence-electron chi connectivity index (χ1n) is 7.48. The average Bonchev–Trinajstić information content (AvgIpc) is 2.80. The normalized spacial score (nSPS) is 31.0. The minimum absolute atomic E-state index is 0.171. The van der Waals surface area contributed by atoms with E-state index in [1.165, 1.54) is 32.1 Å². The Kier molecular flexibility index (Phi) is 3.46. The molecule has 2 N–H and O–H groups in total. The molecule has 3 aliphatic rings. The Bertz CT molecular complexity index is 309. The number of hydrogen-bond acceptors (Lipinski definition) is 3. The Hall–Kier alpha value is -0.770. The smallest absolute Gasteiger partial charge is 0.407 e. The van der Waals surface area contributed by atoms with Crippen molar-refractivity contribution in [3.05, 3.63) is 0 Å². The van der Waals surface area contributed by atoms with Crippen molar-refractivity contribution < 1.29 is 9.53 Å². The molecule has 1 atom stereocenters.